The Balaban J connectivity index is 3.04. The zero-order valence-corrected chi connectivity index (χ0v) is 7.74. The fourth-order valence-corrected chi connectivity index (χ4v) is 1.10. The van der Waals surface area contributed by atoms with E-state index in [2.05, 4.69) is 0 Å². The van der Waals surface area contributed by atoms with Crippen molar-refractivity contribution in [3.8, 4) is 0 Å². The van der Waals surface area contributed by atoms with Crippen molar-refractivity contribution in [3.05, 3.63) is 0 Å². The van der Waals surface area contributed by atoms with Crippen LogP contribution in [0.1, 0.15) is 12.8 Å². The molecule has 74 valence electrons. The average molecular weight is 198 g/mol. The summed E-state index contributed by atoms with van der Waals surface area (Å²) in [5.41, 5.74) is 0. The molecule has 0 aromatic heterocycles. The van der Waals surface area contributed by atoms with Crippen LogP contribution < -0.4 is 0 Å². The lowest BCUT2D eigenvalue weighted by molar-refractivity contribution is 0.169. The van der Waals surface area contributed by atoms with Gasteiger partial charge in [0.15, 0.2) is 0 Å². The Morgan fingerprint density at radius 2 is 1.33 bits per heavy atom. The van der Waals surface area contributed by atoms with Crippen molar-refractivity contribution in [2.24, 2.45) is 0 Å². The summed E-state index contributed by atoms with van der Waals surface area (Å²) in [5.74, 6) is 0. The third-order valence-electron chi connectivity index (χ3n) is 1.01. The third-order valence-corrected chi connectivity index (χ3v) is 1.82. The normalized spacial score (nSPS) is 11.0. The van der Waals surface area contributed by atoms with Crippen molar-refractivity contribution in [1.29, 1.82) is 0 Å². The highest BCUT2D eigenvalue weighted by atomic mass is 31.2. The highest BCUT2D eigenvalue weighted by Gasteiger charge is 2.04. The SMILES string of the molecule is OCCCOP(O)OCCCO. The van der Waals surface area contributed by atoms with Gasteiger partial charge in [0.05, 0.1) is 13.2 Å². The quantitative estimate of drug-likeness (QED) is 0.378. The first-order chi connectivity index (χ1) is 5.81. The summed E-state index contributed by atoms with van der Waals surface area (Å²) in [4.78, 5) is 8.96. The maximum atomic E-state index is 8.96. The number of rotatable bonds is 8. The number of hydrogen-bond acceptors (Lipinski definition) is 5. The second kappa shape index (κ2) is 9.32. The molecule has 0 amide bonds. The zero-order chi connectivity index (χ0) is 9.23. The first kappa shape index (κ1) is 12.2. The molecule has 0 fully saturated rings. The van der Waals surface area contributed by atoms with Crippen LogP contribution in [0.5, 0.6) is 0 Å². The van der Waals surface area contributed by atoms with Gasteiger partial charge in [-0.05, 0) is 12.8 Å². The second-order valence-electron chi connectivity index (χ2n) is 2.06. The Bertz CT molecular complexity index is 82.0. The van der Waals surface area contributed by atoms with Gasteiger partial charge in [0.25, 0.3) is 0 Å². The molecule has 0 aliphatic heterocycles. The monoisotopic (exact) mass is 198 g/mol. The van der Waals surface area contributed by atoms with Gasteiger partial charge in [-0.15, -0.1) is 0 Å². The molecule has 0 heterocycles. The van der Waals surface area contributed by atoms with Crippen LogP contribution in [-0.4, -0.2) is 41.5 Å². The zero-order valence-electron chi connectivity index (χ0n) is 6.85. The van der Waals surface area contributed by atoms with E-state index in [1.807, 2.05) is 0 Å². The number of aliphatic hydroxyl groups excluding tert-OH is 2. The molecule has 0 aliphatic carbocycles. The van der Waals surface area contributed by atoms with Crippen LogP contribution in [0.4, 0.5) is 0 Å². The lowest BCUT2D eigenvalue weighted by Crippen LogP contribution is -1.97. The number of hydrogen-bond donors (Lipinski definition) is 3. The molecule has 0 radical (unpaired) electrons. The van der Waals surface area contributed by atoms with Gasteiger partial charge in [-0.25, -0.2) is 0 Å². The van der Waals surface area contributed by atoms with Crippen LogP contribution in [-0.2, 0) is 9.05 Å². The fourth-order valence-electron chi connectivity index (χ4n) is 0.452. The lowest BCUT2D eigenvalue weighted by atomic mass is 10.5. The maximum Gasteiger partial charge on any atom is 0.329 e. The molecule has 0 saturated carbocycles. The molecule has 0 rings (SSSR count). The van der Waals surface area contributed by atoms with E-state index in [1.165, 1.54) is 0 Å². The molecule has 3 N–H and O–H groups in total. The summed E-state index contributed by atoms with van der Waals surface area (Å²) in [6, 6.07) is 0. The van der Waals surface area contributed by atoms with Gasteiger partial charge in [-0.3, -0.25) is 0 Å². The molecule has 0 bridgehead atoms. The van der Waals surface area contributed by atoms with Gasteiger partial charge in [-0.1, -0.05) is 0 Å². The molecule has 5 nitrogen and oxygen atoms in total. The predicted molar refractivity (Wildman–Crippen MR) is 44.4 cm³/mol. The van der Waals surface area contributed by atoms with Crippen molar-refractivity contribution in [2.45, 2.75) is 12.8 Å². The minimum atomic E-state index is -1.83. The Morgan fingerprint density at radius 1 is 0.917 bits per heavy atom. The highest BCUT2D eigenvalue weighted by molar-refractivity contribution is 7.40. The second-order valence-corrected chi connectivity index (χ2v) is 3.05. The molecule has 0 atom stereocenters. The minimum Gasteiger partial charge on any atom is -0.396 e. The van der Waals surface area contributed by atoms with Crippen molar-refractivity contribution in [2.75, 3.05) is 26.4 Å². The van der Waals surface area contributed by atoms with Crippen molar-refractivity contribution in [1.82, 2.24) is 0 Å². The summed E-state index contributed by atoms with van der Waals surface area (Å²) in [6.07, 6.45) is 0.978. The van der Waals surface area contributed by atoms with Crippen molar-refractivity contribution >= 4 is 8.60 Å². The molecule has 0 spiro atoms. The van der Waals surface area contributed by atoms with E-state index in [4.69, 9.17) is 24.2 Å². The highest BCUT2D eigenvalue weighted by Crippen LogP contribution is 2.32. The molecule has 0 aromatic carbocycles. The molecular weight excluding hydrogens is 183 g/mol. The minimum absolute atomic E-state index is 0.0415. The van der Waals surface area contributed by atoms with Crippen LogP contribution >= 0.6 is 8.60 Å². The lowest BCUT2D eigenvalue weighted by Gasteiger charge is -2.09. The topological polar surface area (TPSA) is 79.2 Å². The van der Waals surface area contributed by atoms with E-state index in [0.717, 1.165) is 0 Å². The first-order valence-corrected chi connectivity index (χ1v) is 4.91. The Morgan fingerprint density at radius 3 is 1.67 bits per heavy atom. The van der Waals surface area contributed by atoms with Crippen LogP contribution in [0.15, 0.2) is 0 Å². The third kappa shape index (κ3) is 8.33. The molecule has 0 aliphatic rings. The van der Waals surface area contributed by atoms with Gasteiger partial charge in [0, 0.05) is 13.2 Å². The summed E-state index contributed by atoms with van der Waals surface area (Å²) in [5, 5.41) is 16.7. The predicted octanol–water partition coefficient (Wildman–Crippen LogP) is 0.00360. The summed E-state index contributed by atoms with van der Waals surface area (Å²) in [7, 11) is -1.83. The summed E-state index contributed by atoms with van der Waals surface area (Å²) in [6.45, 7) is 0.662. The summed E-state index contributed by atoms with van der Waals surface area (Å²) >= 11 is 0. The van der Waals surface area contributed by atoms with E-state index in [-0.39, 0.29) is 26.4 Å². The van der Waals surface area contributed by atoms with E-state index in [0.29, 0.717) is 12.8 Å². The fraction of sp³-hybridized carbons (Fsp3) is 1.00. The molecule has 0 aromatic rings. The van der Waals surface area contributed by atoms with Crippen LogP contribution in [0.25, 0.3) is 0 Å². The largest absolute Gasteiger partial charge is 0.396 e. The number of aliphatic hydroxyl groups is 2. The molecule has 0 unspecified atom stereocenters. The van der Waals surface area contributed by atoms with Crippen molar-refractivity contribution in [3.63, 3.8) is 0 Å². The van der Waals surface area contributed by atoms with Crippen LogP contribution in [0.3, 0.4) is 0 Å². The van der Waals surface area contributed by atoms with Gasteiger partial charge < -0.3 is 24.2 Å². The standard InChI is InChI=1S/C6H15O5P/c7-3-1-5-10-12(9)11-6-2-4-8/h7-9H,1-6H2. The van der Waals surface area contributed by atoms with Gasteiger partial charge >= 0.3 is 8.60 Å². The Kier molecular flexibility index (Phi) is 9.50. The maximum absolute atomic E-state index is 8.96. The summed E-state index contributed by atoms with van der Waals surface area (Å²) < 4.78 is 9.57. The van der Waals surface area contributed by atoms with Gasteiger partial charge in [0.1, 0.15) is 0 Å². The van der Waals surface area contributed by atoms with Gasteiger partial charge in [0.2, 0.25) is 0 Å². The molecule has 6 heteroatoms. The van der Waals surface area contributed by atoms with E-state index in [1.54, 1.807) is 0 Å². The first-order valence-electron chi connectivity index (χ1n) is 3.77. The Labute approximate surface area is 72.9 Å². The smallest absolute Gasteiger partial charge is 0.329 e. The Hall–Kier alpha value is 0.230. The van der Waals surface area contributed by atoms with Gasteiger partial charge in [-0.2, -0.15) is 0 Å². The van der Waals surface area contributed by atoms with E-state index >= 15 is 0 Å². The molecule has 0 saturated heterocycles. The van der Waals surface area contributed by atoms with Crippen molar-refractivity contribution < 1.29 is 24.2 Å². The average Bonchev–Trinajstić information content (AvgIpc) is 2.06. The molecule has 12 heavy (non-hydrogen) atoms. The van der Waals surface area contributed by atoms with Crippen LogP contribution in [0.2, 0.25) is 0 Å². The van der Waals surface area contributed by atoms with E-state index < -0.39 is 8.60 Å². The van der Waals surface area contributed by atoms with E-state index in [9.17, 15) is 0 Å². The molecular formula is C6H15O5P. The van der Waals surface area contributed by atoms with Crippen LogP contribution in [0, 0.1) is 0 Å².